The molecule has 0 amide bonds. The van der Waals surface area contributed by atoms with Crippen LogP contribution in [-0.2, 0) is 91.1 Å². The van der Waals surface area contributed by atoms with Gasteiger partial charge in [-0.15, -0.1) is 4.51 Å². The highest BCUT2D eigenvalue weighted by Crippen LogP contribution is 2.37. The largest absolute Gasteiger partial charge is 0.497 e. The number of nitrogens with one attached hydrogen (secondary N) is 1. The summed E-state index contributed by atoms with van der Waals surface area (Å²) in [6, 6.07) is 37.8. The number of aliphatic hydroxyl groups is 1. The molecular weight excluding hydrogens is 1760 g/mol. The van der Waals surface area contributed by atoms with Gasteiger partial charge in [-0.1, -0.05) is 60.7 Å². The monoisotopic (exact) mass is 1840 g/mol. The van der Waals surface area contributed by atoms with Crippen LogP contribution in [0.1, 0.15) is 105 Å². The molecule has 690 valence electrons. The summed E-state index contributed by atoms with van der Waals surface area (Å²) in [7, 11) is 9.09. The first-order valence-corrected chi connectivity index (χ1v) is 37.1. The topological polar surface area (TPSA) is 469 Å². The number of aromatic nitrogens is 7. The van der Waals surface area contributed by atoms with Crippen molar-refractivity contribution in [2.24, 2.45) is 16.0 Å². The van der Waals surface area contributed by atoms with Crippen LogP contribution in [-0.4, -0.2) is 165 Å². The van der Waals surface area contributed by atoms with Gasteiger partial charge in [0, 0.05) is 35.4 Å². The zero-order chi connectivity index (χ0) is 95.8. The molecule has 10 aromatic rings. The number of anilines is 1. The molecule has 48 heteroatoms. The number of nitrogens with zero attached hydrogens (tertiary/aromatic N) is 11. The summed E-state index contributed by atoms with van der Waals surface area (Å²) in [6.07, 6.45) is -16.0. The van der Waals surface area contributed by atoms with Crippen LogP contribution in [0.2, 0.25) is 0 Å². The van der Waals surface area contributed by atoms with Crippen LogP contribution in [0.15, 0.2) is 169 Å². The van der Waals surface area contributed by atoms with Crippen molar-refractivity contribution in [3.05, 3.63) is 256 Å². The molecule has 5 aromatic carbocycles. The summed E-state index contributed by atoms with van der Waals surface area (Å²) >= 11 is 4.87. The summed E-state index contributed by atoms with van der Waals surface area (Å²) in [6.45, 7) is 4.18. The number of aliphatic hydroxyl groups excluding tert-OH is 1. The fraction of sp³-hybridized carbons (Fsp3) is 0.312. The van der Waals surface area contributed by atoms with Crippen molar-refractivity contribution < 1.29 is 139 Å². The number of fused-ring (bicyclic) bond motifs is 2. The minimum Gasteiger partial charge on any atom is -0.497 e. The third-order valence-corrected chi connectivity index (χ3v) is 16.5. The number of carbonyl (C=O) groups excluding carboxylic acids is 5. The summed E-state index contributed by atoms with van der Waals surface area (Å²) < 4.78 is 202. The van der Waals surface area contributed by atoms with E-state index in [4.69, 9.17) is 51.7 Å². The van der Waals surface area contributed by atoms with E-state index in [-0.39, 0.29) is 78.0 Å². The van der Waals surface area contributed by atoms with E-state index >= 15 is 0 Å². The molecule has 0 aliphatic carbocycles. The molecule has 0 aliphatic rings. The van der Waals surface area contributed by atoms with Crippen molar-refractivity contribution in [3.8, 4) is 28.7 Å². The van der Waals surface area contributed by atoms with Gasteiger partial charge in [0.25, 0.3) is 18.6 Å². The zero-order valence-electron chi connectivity index (χ0n) is 69.1. The number of rotatable bonds is 29. The minimum absolute atomic E-state index is 0.0382. The normalized spacial score (nSPS) is 11.2. The number of hydrogen-bond donors (Lipinski definition) is 4. The Morgan fingerprint density at radius 3 is 1.30 bits per heavy atom. The zero-order valence-corrected chi connectivity index (χ0v) is 69.9. The number of pyridine rings is 3. The van der Waals surface area contributed by atoms with Crippen molar-refractivity contribution in [2.45, 2.75) is 97.5 Å². The van der Waals surface area contributed by atoms with Crippen molar-refractivity contribution in [3.63, 3.8) is 0 Å². The van der Waals surface area contributed by atoms with Gasteiger partial charge < -0.3 is 73.7 Å². The Morgan fingerprint density at radius 2 is 0.938 bits per heavy atom. The van der Waals surface area contributed by atoms with E-state index in [2.05, 4.69) is 49.0 Å². The number of nitro groups is 3. The molecule has 0 saturated heterocycles. The molecule has 10 rings (SSSR count). The van der Waals surface area contributed by atoms with E-state index < -0.39 is 123 Å². The van der Waals surface area contributed by atoms with Gasteiger partial charge in [0.05, 0.1) is 122 Å². The maximum atomic E-state index is 13.2. The van der Waals surface area contributed by atoms with Gasteiger partial charge in [-0.05, 0) is 140 Å². The van der Waals surface area contributed by atoms with Crippen LogP contribution >= 0.6 is 11.8 Å². The first-order valence-electron chi connectivity index (χ1n) is 36.8. The van der Waals surface area contributed by atoms with Gasteiger partial charge >= 0.3 is 48.3 Å². The molecule has 0 spiro atoms. The number of imidazole rings is 2. The number of carbonyl (C=O) groups is 5. The van der Waals surface area contributed by atoms with Crippen LogP contribution in [0, 0.1) is 30.3 Å². The highest BCUT2D eigenvalue weighted by Gasteiger charge is 2.42. The second kappa shape index (κ2) is 51.2. The smallest absolute Gasteiger partial charge is 0.450 e. The van der Waals surface area contributed by atoms with E-state index in [1.807, 2.05) is 60.7 Å². The van der Waals surface area contributed by atoms with Crippen LogP contribution in [0.25, 0.3) is 22.3 Å². The molecule has 0 fully saturated rings. The van der Waals surface area contributed by atoms with Gasteiger partial charge in [-0.2, -0.15) is 52.7 Å². The molecule has 128 heavy (non-hydrogen) atoms. The Kier molecular flexibility index (Phi) is 42.3. The van der Waals surface area contributed by atoms with Gasteiger partial charge in [0.2, 0.25) is 17.4 Å². The number of alkyl halides is 12. The lowest BCUT2D eigenvalue weighted by atomic mass is 10.1. The Balaban J connectivity index is 0.000000324. The maximum absolute atomic E-state index is 13.2. The Labute approximate surface area is 724 Å². The van der Waals surface area contributed by atoms with Crippen LogP contribution in [0.5, 0.6) is 28.7 Å². The van der Waals surface area contributed by atoms with Crippen LogP contribution in [0.4, 0.5) is 64.2 Å². The Hall–Kier alpha value is -14.4. The standard InChI is InChI=1S/C18H16F3N3O3.C17H16F3N3O5.C16H14F3N3O2.C11H14N2O3.C8H11NO.C7H7F3O4.C3H5ClN2O3/c1-3-27-17(25)13-8-14(18(19,20)21)23-16-15(13)22-10-24(16)9-11-4-6-12(26-2)7-5-11;1-3-28-16(24)12-8-13(17(18,19)20)22-15(14(12)23(25)26)21-9-10-4-6-11(27-2)7-5-10;1-24-12-4-2-10(3-5-12)7-22-9-20-14-11(8-23)6-13(16(17,18)19)21-15(14)22;1-16-11-6-3-9(4-7-11)2-5-10(12)8-13(14)15;1-10-8-4-2-7(6-9)3-5-8;1-2-14-6(13)4(11)3-5(12)7(8,9)10;1-9-3(5-4)2-6(7)8/h4-8,10H,3,9H2,1-2H3;4-8H,3,9H2,1-2H3,(H,21,22);2-6,9,23H,7-8H2,1H3;3-4,6-8H,2,5,12H2,1H3;2-5H,6,9H2,1H3;2-3H2,1H3;2H2,1H3/b;;;10-8-;;;. The lowest BCUT2D eigenvalue weighted by Gasteiger charge is -2.13. The molecule has 0 unspecified atom stereocenters. The molecule has 6 N–H and O–H groups in total. The molecular formula is C80H83ClF12N14O21. The molecule has 0 radical (unpaired) electrons. The predicted octanol–water partition coefficient (Wildman–Crippen LogP) is 14.4. The third-order valence-electron chi connectivity index (χ3n) is 16.3. The molecule has 0 bridgehead atoms. The van der Waals surface area contributed by atoms with Gasteiger partial charge in [-0.3, -0.25) is 39.9 Å². The molecule has 0 aliphatic heterocycles. The van der Waals surface area contributed by atoms with Gasteiger partial charge in [0.1, 0.15) is 62.4 Å². The average molecular weight is 1840 g/mol. The highest BCUT2D eigenvalue weighted by atomic mass is 35.5. The average Bonchev–Trinajstić information content (AvgIpc) is 1.69. The van der Waals surface area contributed by atoms with Crippen LogP contribution in [0.3, 0.4) is 0 Å². The van der Waals surface area contributed by atoms with E-state index in [9.17, 15) is 112 Å². The van der Waals surface area contributed by atoms with E-state index in [1.54, 1.807) is 88.9 Å². The van der Waals surface area contributed by atoms with Crippen molar-refractivity contribution in [1.82, 2.24) is 34.1 Å². The van der Waals surface area contributed by atoms with Crippen molar-refractivity contribution in [2.75, 3.05) is 74.3 Å². The molecule has 0 atom stereocenters. The SMILES string of the molecule is CCOC(=O)C(=O)CC(=O)C(F)(F)F.CCOC(=O)c1cc(C(F)(F)F)nc(NCc2ccc(OC)cc2)c1[N+](=O)[O-].CCOC(=O)c1cc(C(F)(F)F)nc2c1ncn2Cc1ccc(OC)cc1.COC(C[N+](=O)[O-])=NCl.COc1ccc(CC/C(N)=C/[N+](=O)[O-])cc1.COc1ccc(CN)cc1.COc1ccc(Cn2cnc3c(CO)cc(C(F)(F)F)nc32)cc1. The summed E-state index contributed by atoms with van der Waals surface area (Å²) in [4.78, 5) is 103. The third kappa shape index (κ3) is 34.6. The summed E-state index contributed by atoms with van der Waals surface area (Å²) in [5, 5.41) is 43.1. The number of allylic oxidation sites excluding steroid dienone is 1. The van der Waals surface area contributed by atoms with Crippen molar-refractivity contribution in [1.29, 1.82) is 0 Å². The summed E-state index contributed by atoms with van der Waals surface area (Å²) in [5.41, 5.74) is 10.5. The molecule has 35 nitrogen and oxygen atoms in total. The minimum atomic E-state index is -5.10. The fourth-order valence-corrected chi connectivity index (χ4v) is 10.2. The second-order valence-corrected chi connectivity index (χ2v) is 25.3. The number of benzene rings is 5. The quantitative estimate of drug-likeness (QED) is 0.00389. The maximum Gasteiger partial charge on any atom is 0.450 e. The number of halogens is 13. The van der Waals surface area contributed by atoms with E-state index in [1.165, 1.54) is 57.0 Å². The van der Waals surface area contributed by atoms with E-state index in [0.29, 0.717) is 60.9 Å². The van der Waals surface area contributed by atoms with E-state index in [0.717, 1.165) is 46.0 Å². The molecule has 5 aromatic heterocycles. The number of hydrogen-bond acceptors (Lipinski definition) is 30. The van der Waals surface area contributed by atoms with Crippen molar-refractivity contribution >= 4 is 81.0 Å². The Morgan fingerprint density at radius 1 is 0.547 bits per heavy atom. The van der Waals surface area contributed by atoms with Crippen LogP contribution < -0.4 is 40.5 Å². The predicted molar refractivity (Wildman–Crippen MR) is 434 cm³/mol. The number of aryl methyl sites for hydroxylation is 1. The van der Waals surface area contributed by atoms with Gasteiger partial charge in [-0.25, -0.2) is 39.3 Å². The number of ether oxygens (including phenoxy) is 9. The fourth-order valence-electron chi connectivity index (χ4n) is 10.1. The first-order chi connectivity index (χ1) is 60.4. The first kappa shape index (κ1) is 106. The Bertz CT molecular complexity index is 5370. The number of esters is 3. The highest BCUT2D eigenvalue weighted by molar-refractivity contribution is 6.37. The van der Waals surface area contributed by atoms with Gasteiger partial charge in [0.15, 0.2) is 11.3 Å². The number of ketones is 2. The number of Topliss-reactive ketones (excluding diaryl/α,β-unsaturated/α-hetero) is 2. The molecule has 0 saturated carbocycles. The summed E-state index contributed by atoms with van der Waals surface area (Å²) in [5.74, 6) is -4.48. The number of nitrogens with two attached hydrogens (primary N) is 2. The molecule has 5 heterocycles. The number of methoxy groups -OCH3 is 6. The lowest BCUT2D eigenvalue weighted by Crippen LogP contribution is -2.29. The lowest BCUT2D eigenvalue weighted by molar-refractivity contribution is -0.465. The second-order valence-electron chi connectivity index (χ2n) is 25.1.